The van der Waals surface area contributed by atoms with Gasteiger partial charge < -0.3 is 5.32 Å². The molecule has 29 heavy (non-hydrogen) atoms. The van der Waals surface area contributed by atoms with Gasteiger partial charge in [0.15, 0.2) is 0 Å². The summed E-state index contributed by atoms with van der Waals surface area (Å²) in [5.74, 6) is -0.0874. The van der Waals surface area contributed by atoms with Crippen LogP contribution in [0.25, 0.3) is 0 Å². The second-order valence-corrected chi connectivity index (χ2v) is 7.64. The summed E-state index contributed by atoms with van der Waals surface area (Å²) >= 11 is 0. The minimum Gasteiger partial charge on any atom is -0.352 e. The molecule has 2 heterocycles. The lowest BCUT2D eigenvalue weighted by Gasteiger charge is -2.18. The average Bonchev–Trinajstić information content (AvgIpc) is 3.34. The van der Waals surface area contributed by atoms with Crippen LogP contribution < -0.4 is 16.2 Å². The molecule has 1 fully saturated rings. The first-order valence-corrected chi connectivity index (χ1v) is 10.00. The van der Waals surface area contributed by atoms with Crippen molar-refractivity contribution in [1.82, 2.24) is 25.9 Å². The van der Waals surface area contributed by atoms with Gasteiger partial charge in [-0.1, -0.05) is 54.6 Å². The van der Waals surface area contributed by atoms with Crippen molar-refractivity contribution in [2.75, 3.05) is 6.54 Å². The summed E-state index contributed by atoms with van der Waals surface area (Å²) in [6, 6.07) is 20.5. The van der Waals surface area contributed by atoms with E-state index in [4.69, 9.17) is 0 Å². The van der Waals surface area contributed by atoms with E-state index in [0.717, 1.165) is 29.1 Å². The van der Waals surface area contributed by atoms with E-state index in [1.54, 1.807) is 0 Å². The molecule has 2 atom stereocenters. The maximum absolute atomic E-state index is 12.8. The molecule has 1 amide bonds. The molecule has 1 aliphatic heterocycles. The molecule has 0 spiro atoms. The van der Waals surface area contributed by atoms with Crippen molar-refractivity contribution >= 4 is 5.91 Å². The van der Waals surface area contributed by atoms with Crippen molar-refractivity contribution in [3.63, 3.8) is 0 Å². The maximum Gasteiger partial charge on any atom is 0.226 e. The lowest BCUT2D eigenvalue weighted by molar-refractivity contribution is -0.125. The summed E-state index contributed by atoms with van der Waals surface area (Å²) in [4.78, 5) is 12.8. The minimum atomic E-state index is -0.143. The zero-order valence-electron chi connectivity index (χ0n) is 16.9. The maximum atomic E-state index is 12.8. The van der Waals surface area contributed by atoms with Crippen LogP contribution in [0.5, 0.6) is 0 Å². The molecule has 0 aliphatic carbocycles. The van der Waals surface area contributed by atoms with Gasteiger partial charge in [0.05, 0.1) is 24.2 Å². The number of hydrogen-bond acceptors (Lipinski definition) is 4. The first-order valence-electron chi connectivity index (χ1n) is 10.00. The van der Waals surface area contributed by atoms with Crippen molar-refractivity contribution in [1.29, 1.82) is 0 Å². The highest BCUT2D eigenvalue weighted by Crippen LogP contribution is 2.24. The standard InChI is InChI=1S/C23H27N5O/c1-16-11-17(2)28(27-16)15-19-8-6-7-18(12-19)13-24-23(29)21-14-25-26-22(21)20-9-4-3-5-10-20/h3-12,21-22,25-26H,13-15H2,1-2H3,(H,24,29). The Morgan fingerprint density at radius 1 is 1.10 bits per heavy atom. The van der Waals surface area contributed by atoms with E-state index < -0.39 is 0 Å². The molecule has 2 aromatic carbocycles. The molecule has 150 valence electrons. The predicted molar refractivity (Wildman–Crippen MR) is 113 cm³/mol. The topological polar surface area (TPSA) is 71.0 Å². The zero-order chi connectivity index (χ0) is 20.2. The first kappa shape index (κ1) is 19.4. The fraction of sp³-hybridized carbons (Fsp3) is 0.304. The van der Waals surface area contributed by atoms with Gasteiger partial charge in [-0.3, -0.25) is 14.9 Å². The highest BCUT2D eigenvalue weighted by atomic mass is 16.2. The summed E-state index contributed by atoms with van der Waals surface area (Å²) in [5.41, 5.74) is 11.9. The van der Waals surface area contributed by atoms with Gasteiger partial charge in [-0.2, -0.15) is 5.10 Å². The first-order chi connectivity index (χ1) is 14.1. The Morgan fingerprint density at radius 2 is 1.90 bits per heavy atom. The Bertz CT molecular complexity index is 982. The fourth-order valence-corrected chi connectivity index (χ4v) is 3.88. The highest BCUT2D eigenvalue weighted by molar-refractivity contribution is 5.80. The molecule has 6 nitrogen and oxygen atoms in total. The predicted octanol–water partition coefficient (Wildman–Crippen LogP) is 2.63. The molecule has 6 heteroatoms. The van der Waals surface area contributed by atoms with Gasteiger partial charge in [0.2, 0.25) is 5.91 Å². The molecule has 1 aromatic heterocycles. The number of nitrogens with zero attached hydrogens (tertiary/aromatic N) is 2. The minimum absolute atomic E-state index is 0.0198. The number of rotatable bonds is 6. The van der Waals surface area contributed by atoms with Crippen LogP contribution in [0.1, 0.15) is 34.1 Å². The van der Waals surface area contributed by atoms with Gasteiger partial charge in [-0.25, -0.2) is 5.43 Å². The van der Waals surface area contributed by atoms with Crippen LogP contribution in [-0.2, 0) is 17.9 Å². The number of carbonyl (C=O) groups is 1. The Kier molecular flexibility index (Phi) is 5.74. The zero-order valence-corrected chi connectivity index (χ0v) is 16.9. The Labute approximate surface area is 171 Å². The van der Waals surface area contributed by atoms with E-state index in [9.17, 15) is 4.79 Å². The van der Waals surface area contributed by atoms with Gasteiger partial charge >= 0.3 is 0 Å². The van der Waals surface area contributed by atoms with Gasteiger partial charge in [0.1, 0.15) is 0 Å². The molecular formula is C23H27N5O. The molecule has 0 saturated carbocycles. The third kappa shape index (κ3) is 4.55. The number of aryl methyl sites for hydroxylation is 2. The molecule has 3 aromatic rings. The quantitative estimate of drug-likeness (QED) is 0.606. The third-order valence-corrected chi connectivity index (χ3v) is 5.37. The normalized spacial score (nSPS) is 18.7. The summed E-state index contributed by atoms with van der Waals surface area (Å²) in [7, 11) is 0. The average molecular weight is 390 g/mol. The molecule has 2 unspecified atom stereocenters. The highest BCUT2D eigenvalue weighted by Gasteiger charge is 2.33. The van der Waals surface area contributed by atoms with E-state index in [2.05, 4.69) is 46.4 Å². The second kappa shape index (κ2) is 8.59. The molecular weight excluding hydrogens is 362 g/mol. The van der Waals surface area contributed by atoms with Crippen molar-refractivity contribution in [3.05, 3.63) is 88.7 Å². The molecule has 3 N–H and O–H groups in total. The van der Waals surface area contributed by atoms with E-state index in [-0.39, 0.29) is 17.9 Å². The van der Waals surface area contributed by atoms with Crippen LogP contribution in [-0.4, -0.2) is 22.2 Å². The summed E-state index contributed by atoms with van der Waals surface area (Å²) < 4.78 is 2.01. The number of hydrazine groups is 1. The van der Waals surface area contributed by atoms with Crippen LogP contribution in [0, 0.1) is 19.8 Å². The summed E-state index contributed by atoms with van der Waals surface area (Å²) in [5, 5.41) is 7.64. The van der Waals surface area contributed by atoms with E-state index in [0.29, 0.717) is 13.1 Å². The van der Waals surface area contributed by atoms with E-state index >= 15 is 0 Å². The monoisotopic (exact) mass is 389 g/mol. The van der Waals surface area contributed by atoms with Crippen molar-refractivity contribution < 1.29 is 4.79 Å². The molecule has 1 aliphatic rings. The van der Waals surface area contributed by atoms with Crippen molar-refractivity contribution in [3.8, 4) is 0 Å². The molecule has 0 bridgehead atoms. The van der Waals surface area contributed by atoms with E-state index in [1.807, 2.05) is 54.1 Å². The molecule has 4 rings (SSSR count). The van der Waals surface area contributed by atoms with Gasteiger partial charge in [-0.05, 0) is 36.6 Å². The summed E-state index contributed by atoms with van der Waals surface area (Å²) in [6.07, 6.45) is 0. The SMILES string of the molecule is Cc1cc(C)n(Cc2cccc(CNC(=O)C3CNNC3c3ccccc3)c2)n1. The molecule has 0 radical (unpaired) electrons. The number of hydrogen-bond donors (Lipinski definition) is 3. The van der Waals surface area contributed by atoms with Crippen LogP contribution in [0.3, 0.4) is 0 Å². The van der Waals surface area contributed by atoms with Crippen LogP contribution >= 0.6 is 0 Å². The molecule has 1 saturated heterocycles. The third-order valence-electron chi connectivity index (χ3n) is 5.37. The van der Waals surface area contributed by atoms with Crippen molar-refractivity contribution in [2.24, 2.45) is 5.92 Å². The number of amides is 1. The van der Waals surface area contributed by atoms with Gasteiger partial charge in [0, 0.05) is 18.8 Å². The lowest BCUT2D eigenvalue weighted by atomic mass is 9.94. The Morgan fingerprint density at radius 3 is 2.66 bits per heavy atom. The van der Waals surface area contributed by atoms with E-state index in [1.165, 1.54) is 5.56 Å². The lowest BCUT2D eigenvalue weighted by Crippen LogP contribution is -2.34. The number of nitrogens with one attached hydrogen (secondary N) is 3. The van der Waals surface area contributed by atoms with Crippen LogP contribution in [0.15, 0.2) is 60.7 Å². The van der Waals surface area contributed by atoms with Crippen LogP contribution in [0.4, 0.5) is 0 Å². The largest absolute Gasteiger partial charge is 0.352 e. The smallest absolute Gasteiger partial charge is 0.226 e. The Balaban J connectivity index is 1.38. The van der Waals surface area contributed by atoms with Gasteiger partial charge in [0.25, 0.3) is 0 Å². The number of benzene rings is 2. The van der Waals surface area contributed by atoms with Crippen molar-refractivity contribution in [2.45, 2.75) is 33.0 Å². The van der Waals surface area contributed by atoms with Crippen LogP contribution in [0.2, 0.25) is 0 Å². The Hall–Kier alpha value is -2.96. The number of aromatic nitrogens is 2. The fourth-order valence-electron chi connectivity index (χ4n) is 3.88. The van der Waals surface area contributed by atoms with Gasteiger partial charge in [-0.15, -0.1) is 0 Å². The second-order valence-electron chi connectivity index (χ2n) is 7.64. The summed E-state index contributed by atoms with van der Waals surface area (Å²) in [6.45, 7) is 5.93. The number of carbonyl (C=O) groups excluding carboxylic acids is 1.